The first-order chi connectivity index (χ1) is 14.4. The van der Waals surface area contributed by atoms with Crippen LogP contribution >= 0.6 is 43.6 Å². The number of carbonyl (C=O) groups excluding carboxylic acids is 1. The van der Waals surface area contributed by atoms with Gasteiger partial charge in [0.25, 0.3) is 5.91 Å². The van der Waals surface area contributed by atoms with Crippen molar-refractivity contribution < 1.29 is 15.0 Å². The third-order valence-corrected chi connectivity index (χ3v) is 5.99. The van der Waals surface area contributed by atoms with Gasteiger partial charge in [-0.15, -0.1) is 10.2 Å². The average Bonchev–Trinajstić information content (AvgIpc) is 3.17. The van der Waals surface area contributed by atoms with Crippen molar-refractivity contribution in [3.05, 3.63) is 68.4 Å². The largest absolute Gasteiger partial charge is 0.506 e. The second-order valence-corrected chi connectivity index (χ2v) is 8.39. The quantitative estimate of drug-likeness (QED) is 0.242. The second kappa shape index (κ2) is 11.8. The number of nitrogens with one attached hydrogen (secondary N) is 1. The number of rotatable bonds is 6. The molecule has 2 aromatic carbocycles. The zero-order valence-electron chi connectivity index (χ0n) is 16.1. The fourth-order valence-corrected chi connectivity index (χ4v) is 4.26. The van der Waals surface area contributed by atoms with Crippen LogP contribution in [-0.4, -0.2) is 44.2 Å². The van der Waals surface area contributed by atoms with Crippen LogP contribution in [0.2, 0.25) is 0 Å². The number of aryl methyl sites for hydroxylation is 1. The summed E-state index contributed by atoms with van der Waals surface area (Å²) in [6, 6.07) is 10.7. The van der Waals surface area contributed by atoms with E-state index in [-0.39, 0.29) is 11.7 Å². The number of aliphatic hydroxyl groups is 1. The lowest BCUT2D eigenvalue weighted by Crippen LogP contribution is -2.17. The molecule has 0 saturated heterocycles. The van der Waals surface area contributed by atoms with Crippen LogP contribution in [0.15, 0.2) is 61.9 Å². The molecule has 0 atom stereocenters. The lowest BCUT2D eigenvalue weighted by molar-refractivity contribution is 0.0955. The van der Waals surface area contributed by atoms with Crippen molar-refractivity contribution in [3.8, 4) is 5.75 Å². The normalized spacial score (nSPS) is 10.6. The Kier molecular flexibility index (Phi) is 9.50. The minimum absolute atomic E-state index is 0.110. The van der Waals surface area contributed by atoms with E-state index in [1.54, 1.807) is 42.4 Å². The van der Waals surface area contributed by atoms with Gasteiger partial charge in [0.1, 0.15) is 12.1 Å². The molecule has 3 rings (SSSR count). The number of phenols is 1. The van der Waals surface area contributed by atoms with Gasteiger partial charge >= 0.3 is 0 Å². The predicted octanol–water partition coefficient (Wildman–Crippen LogP) is 3.71. The van der Waals surface area contributed by atoms with Gasteiger partial charge in [-0.3, -0.25) is 4.79 Å². The lowest BCUT2D eigenvalue weighted by atomic mass is 10.1. The van der Waals surface area contributed by atoms with Gasteiger partial charge in [0, 0.05) is 25.5 Å². The molecule has 3 aromatic rings. The van der Waals surface area contributed by atoms with Gasteiger partial charge in [0.15, 0.2) is 5.16 Å². The van der Waals surface area contributed by atoms with Crippen molar-refractivity contribution in [1.82, 2.24) is 20.2 Å². The van der Waals surface area contributed by atoms with E-state index in [1.165, 1.54) is 6.21 Å². The molecule has 0 saturated carbocycles. The Morgan fingerprint density at radius 3 is 2.43 bits per heavy atom. The fraction of sp³-hybridized carbons (Fsp3) is 0.158. The topological polar surface area (TPSA) is 113 Å². The number of aliphatic hydroxyl groups excluding tert-OH is 1. The van der Waals surface area contributed by atoms with Crippen molar-refractivity contribution in [2.75, 3.05) is 7.11 Å². The summed E-state index contributed by atoms with van der Waals surface area (Å²) in [6.45, 7) is 0. The van der Waals surface area contributed by atoms with E-state index in [4.69, 9.17) is 5.11 Å². The summed E-state index contributed by atoms with van der Waals surface area (Å²) in [7, 11) is 2.89. The molecule has 0 aliphatic rings. The first kappa shape index (κ1) is 24.1. The number of nitrogens with zero attached hydrogens (tertiary/aromatic N) is 4. The molecule has 30 heavy (non-hydrogen) atoms. The Morgan fingerprint density at radius 1 is 1.23 bits per heavy atom. The van der Waals surface area contributed by atoms with Crippen molar-refractivity contribution in [3.63, 3.8) is 0 Å². The number of aromatic hydroxyl groups is 1. The van der Waals surface area contributed by atoms with E-state index in [0.717, 1.165) is 23.6 Å². The Labute approximate surface area is 194 Å². The molecule has 0 aliphatic carbocycles. The molecule has 1 amide bonds. The highest BCUT2D eigenvalue weighted by Gasteiger charge is 2.07. The van der Waals surface area contributed by atoms with Gasteiger partial charge in [-0.25, -0.2) is 5.43 Å². The molecule has 0 fully saturated rings. The molecule has 0 aliphatic heterocycles. The molecule has 0 bridgehead atoms. The summed E-state index contributed by atoms with van der Waals surface area (Å²) in [5, 5.41) is 29.4. The molecule has 0 radical (unpaired) electrons. The Bertz CT molecular complexity index is 1000. The maximum atomic E-state index is 12.2. The van der Waals surface area contributed by atoms with E-state index in [2.05, 4.69) is 52.6 Å². The minimum atomic E-state index is -0.305. The Hall–Kier alpha value is -2.21. The number of hydrogen-bond acceptors (Lipinski definition) is 7. The minimum Gasteiger partial charge on any atom is -0.506 e. The maximum absolute atomic E-state index is 12.2. The van der Waals surface area contributed by atoms with Gasteiger partial charge in [-0.05, 0) is 67.3 Å². The summed E-state index contributed by atoms with van der Waals surface area (Å²) in [6.07, 6.45) is 3.16. The zero-order valence-corrected chi connectivity index (χ0v) is 20.1. The van der Waals surface area contributed by atoms with Gasteiger partial charge in [0.2, 0.25) is 0 Å². The number of carbonyl (C=O) groups is 1. The summed E-state index contributed by atoms with van der Waals surface area (Å²) < 4.78 is 2.92. The van der Waals surface area contributed by atoms with Crippen LogP contribution in [0.25, 0.3) is 0 Å². The molecule has 8 nitrogen and oxygen atoms in total. The predicted molar refractivity (Wildman–Crippen MR) is 124 cm³/mol. The highest BCUT2D eigenvalue weighted by molar-refractivity contribution is 9.11. The van der Waals surface area contributed by atoms with Crippen LogP contribution in [0.3, 0.4) is 0 Å². The van der Waals surface area contributed by atoms with Gasteiger partial charge in [0.05, 0.1) is 15.2 Å². The Morgan fingerprint density at radius 2 is 1.87 bits per heavy atom. The number of hydrazone groups is 1. The molecule has 0 spiro atoms. The highest BCUT2D eigenvalue weighted by atomic mass is 79.9. The van der Waals surface area contributed by atoms with E-state index in [0.29, 0.717) is 20.1 Å². The van der Waals surface area contributed by atoms with Crippen LogP contribution in [0.5, 0.6) is 5.75 Å². The SMILES string of the molecule is CO.Cn1cnnc1SCc1ccc(C(=O)N/N=C/c2cc(Br)c(O)c(Br)c2)cc1. The van der Waals surface area contributed by atoms with E-state index < -0.39 is 0 Å². The summed E-state index contributed by atoms with van der Waals surface area (Å²) in [4.78, 5) is 12.2. The van der Waals surface area contributed by atoms with Crippen LogP contribution in [0.4, 0.5) is 0 Å². The number of thioether (sulfide) groups is 1. The number of aromatic nitrogens is 3. The number of amides is 1. The fourth-order valence-electron chi connectivity index (χ4n) is 2.19. The van der Waals surface area contributed by atoms with Gasteiger partial charge in [-0.1, -0.05) is 23.9 Å². The van der Waals surface area contributed by atoms with Crippen molar-refractivity contribution in [2.24, 2.45) is 12.1 Å². The number of benzene rings is 2. The van der Waals surface area contributed by atoms with Gasteiger partial charge < -0.3 is 14.8 Å². The van der Waals surface area contributed by atoms with Crippen LogP contribution in [0, 0.1) is 0 Å². The third-order valence-electron chi connectivity index (χ3n) is 3.67. The first-order valence-corrected chi connectivity index (χ1v) is 11.0. The molecule has 1 aromatic heterocycles. The van der Waals surface area contributed by atoms with Crippen molar-refractivity contribution >= 4 is 55.7 Å². The Balaban J connectivity index is 0.00000155. The van der Waals surface area contributed by atoms with Crippen LogP contribution < -0.4 is 5.43 Å². The third kappa shape index (κ3) is 6.66. The molecule has 11 heteroatoms. The van der Waals surface area contributed by atoms with Crippen LogP contribution in [-0.2, 0) is 12.8 Å². The van der Waals surface area contributed by atoms with Crippen molar-refractivity contribution in [1.29, 1.82) is 0 Å². The monoisotopic (exact) mass is 555 g/mol. The van der Waals surface area contributed by atoms with E-state index in [1.807, 2.05) is 23.7 Å². The second-order valence-electron chi connectivity index (χ2n) is 5.74. The molecule has 0 unspecified atom stereocenters. The summed E-state index contributed by atoms with van der Waals surface area (Å²) in [5.74, 6) is 0.538. The standard InChI is InChI=1S/C18H15Br2N5O2S.CH4O/c1-25-10-22-24-18(25)28-9-11-2-4-13(5-3-11)17(27)23-21-8-12-6-14(19)16(26)15(20)7-12;1-2/h2-8,10,26H,9H2,1H3,(H,23,27);2H,1H3/b21-8+;. The molecule has 158 valence electrons. The average molecular weight is 557 g/mol. The zero-order chi connectivity index (χ0) is 22.1. The highest BCUT2D eigenvalue weighted by Crippen LogP contribution is 2.32. The molecule has 3 N–H and O–H groups in total. The molecule has 1 heterocycles. The van der Waals surface area contributed by atoms with Crippen LogP contribution in [0.1, 0.15) is 21.5 Å². The number of hydrogen-bond donors (Lipinski definition) is 3. The van der Waals surface area contributed by atoms with Crippen molar-refractivity contribution in [2.45, 2.75) is 10.9 Å². The molecular weight excluding hydrogens is 538 g/mol. The summed E-state index contributed by atoms with van der Waals surface area (Å²) in [5.41, 5.74) is 4.80. The molecular formula is C19H19Br2N5O3S. The first-order valence-electron chi connectivity index (χ1n) is 8.46. The lowest BCUT2D eigenvalue weighted by Gasteiger charge is -2.04. The van der Waals surface area contributed by atoms with E-state index >= 15 is 0 Å². The maximum Gasteiger partial charge on any atom is 0.271 e. The van der Waals surface area contributed by atoms with E-state index in [9.17, 15) is 9.90 Å². The number of phenolic OH excluding ortho intramolecular Hbond substituents is 1. The smallest absolute Gasteiger partial charge is 0.271 e. The summed E-state index contributed by atoms with van der Waals surface area (Å²) >= 11 is 8.08. The van der Waals surface area contributed by atoms with Gasteiger partial charge in [-0.2, -0.15) is 5.10 Å². The number of halogens is 2.